The van der Waals surface area contributed by atoms with Crippen LogP contribution < -0.4 is 10.6 Å². The molecule has 1 saturated heterocycles. The minimum atomic E-state index is -0.882. The summed E-state index contributed by atoms with van der Waals surface area (Å²) in [4.78, 5) is 28.1. The van der Waals surface area contributed by atoms with Crippen molar-refractivity contribution in [3.63, 3.8) is 0 Å². The molecule has 0 bridgehead atoms. The summed E-state index contributed by atoms with van der Waals surface area (Å²) in [5.41, 5.74) is 2.03. The van der Waals surface area contributed by atoms with E-state index in [-0.39, 0.29) is 17.8 Å². The van der Waals surface area contributed by atoms with Gasteiger partial charge in [-0.05, 0) is 66.9 Å². The van der Waals surface area contributed by atoms with Gasteiger partial charge in [-0.1, -0.05) is 53.0 Å². The summed E-state index contributed by atoms with van der Waals surface area (Å²) in [6.45, 7) is 3.65. The van der Waals surface area contributed by atoms with Crippen molar-refractivity contribution < 1.29 is 18.7 Å². The van der Waals surface area contributed by atoms with Crippen LogP contribution in [0.25, 0.3) is 0 Å². The quantitative estimate of drug-likeness (QED) is 0.293. The molecule has 2 aliphatic heterocycles. The van der Waals surface area contributed by atoms with Crippen LogP contribution in [0.2, 0.25) is 15.1 Å². The third-order valence-corrected chi connectivity index (χ3v) is 8.80. The fourth-order valence-corrected chi connectivity index (χ4v) is 6.16. The normalized spacial score (nSPS) is 17.9. The van der Waals surface area contributed by atoms with Gasteiger partial charge in [0.05, 0.1) is 21.7 Å². The van der Waals surface area contributed by atoms with Crippen molar-refractivity contribution in [3.8, 4) is 0 Å². The zero-order valence-electron chi connectivity index (χ0n) is 21.9. The van der Waals surface area contributed by atoms with Gasteiger partial charge in [0.15, 0.2) is 0 Å². The Morgan fingerprint density at radius 2 is 1.85 bits per heavy atom. The summed E-state index contributed by atoms with van der Waals surface area (Å²) in [7, 11) is 0. The number of likely N-dealkylation sites (tertiary alicyclic amines) is 1. The Balaban J connectivity index is 1.31. The van der Waals surface area contributed by atoms with Crippen molar-refractivity contribution in [2.75, 3.05) is 18.4 Å². The van der Waals surface area contributed by atoms with Gasteiger partial charge in [-0.2, -0.15) is 0 Å². The van der Waals surface area contributed by atoms with Crippen molar-refractivity contribution in [1.82, 2.24) is 10.2 Å². The lowest BCUT2D eigenvalue weighted by atomic mass is 9.81. The second-order valence-corrected chi connectivity index (χ2v) is 11.6. The van der Waals surface area contributed by atoms with Crippen molar-refractivity contribution in [2.45, 2.75) is 50.3 Å². The molecule has 2 unspecified atom stereocenters. The van der Waals surface area contributed by atoms with Gasteiger partial charge in [-0.25, -0.2) is 9.18 Å². The minimum absolute atomic E-state index is 0.0121. The number of halogens is 4. The summed E-state index contributed by atoms with van der Waals surface area (Å²) < 4.78 is 19.9. The third kappa shape index (κ3) is 6.23. The number of carbonyl (C=O) groups excluding carboxylic acids is 2. The summed E-state index contributed by atoms with van der Waals surface area (Å²) in [6.07, 6.45) is 1.02. The van der Waals surface area contributed by atoms with E-state index in [1.165, 1.54) is 12.1 Å². The van der Waals surface area contributed by atoms with Crippen LogP contribution in [0.15, 0.2) is 60.7 Å². The molecule has 2 heterocycles. The lowest BCUT2D eigenvalue weighted by Gasteiger charge is -2.46. The maximum Gasteiger partial charge on any atom is 0.412 e. The van der Waals surface area contributed by atoms with E-state index in [2.05, 4.69) is 22.5 Å². The second-order valence-electron chi connectivity index (χ2n) is 10.4. The number of amides is 2. The standard InChI is InChI=1S/C30H29Cl3FN3O3/c1-18(37-11-9-30(10-12-37)24-16-22(34)6-8-27(24)36-29(39)40-30)13-23(20-5-7-25(32)26(33)15-20)28(38)35-17-19-3-2-4-21(31)14-19/h2-8,14-16,18,23H,9-13,17H2,1H3,(H,35,38)(H,36,39). The van der Waals surface area contributed by atoms with Crippen molar-refractivity contribution in [3.05, 3.63) is 98.2 Å². The minimum Gasteiger partial charge on any atom is -0.438 e. The van der Waals surface area contributed by atoms with Gasteiger partial charge < -0.3 is 15.0 Å². The Labute approximate surface area is 247 Å². The first-order valence-corrected chi connectivity index (χ1v) is 14.3. The fraction of sp³-hybridized carbons (Fsp3) is 0.333. The van der Waals surface area contributed by atoms with E-state index < -0.39 is 17.6 Å². The van der Waals surface area contributed by atoms with Crippen LogP contribution in [0.5, 0.6) is 0 Å². The average molecular weight is 605 g/mol. The number of fused-ring (bicyclic) bond motifs is 2. The molecule has 3 aromatic carbocycles. The van der Waals surface area contributed by atoms with Gasteiger partial charge in [0.25, 0.3) is 0 Å². The Morgan fingerprint density at radius 1 is 1.07 bits per heavy atom. The first-order valence-electron chi connectivity index (χ1n) is 13.1. The largest absolute Gasteiger partial charge is 0.438 e. The molecular formula is C30H29Cl3FN3O3. The molecule has 10 heteroatoms. The number of ether oxygens (including phenoxy) is 1. The zero-order chi connectivity index (χ0) is 28.4. The Kier molecular flexibility index (Phi) is 8.57. The molecule has 1 spiro atoms. The Morgan fingerprint density at radius 3 is 2.58 bits per heavy atom. The number of nitrogens with zero attached hydrogens (tertiary/aromatic N) is 1. The fourth-order valence-electron chi connectivity index (χ4n) is 5.64. The molecule has 0 saturated carbocycles. The summed E-state index contributed by atoms with van der Waals surface area (Å²) in [6, 6.07) is 17.0. The van der Waals surface area contributed by atoms with Gasteiger partial charge in [0.1, 0.15) is 11.4 Å². The van der Waals surface area contributed by atoms with E-state index in [9.17, 15) is 14.0 Å². The molecule has 2 aliphatic rings. The second kappa shape index (κ2) is 12.0. The van der Waals surface area contributed by atoms with Crippen LogP contribution in [0.4, 0.5) is 14.9 Å². The number of hydrogen-bond donors (Lipinski definition) is 2. The highest BCUT2D eigenvalue weighted by Crippen LogP contribution is 2.44. The molecule has 3 aromatic rings. The van der Waals surface area contributed by atoms with Crippen LogP contribution in [-0.4, -0.2) is 36.0 Å². The van der Waals surface area contributed by atoms with Gasteiger partial charge >= 0.3 is 6.09 Å². The molecule has 0 radical (unpaired) electrons. The smallest absolute Gasteiger partial charge is 0.412 e. The number of piperidine rings is 1. The molecule has 2 atom stereocenters. The number of benzene rings is 3. The van der Waals surface area contributed by atoms with Crippen molar-refractivity contribution in [2.24, 2.45) is 0 Å². The predicted octanol–water partition coefficient (Wildman–Crippen LogP) is 7.52. The average Bonchev–Trinajstić information content (AvgIpc) is 2.93. The third-order valence-electron chi connectivity index (χ3n) is 7.82. The van der Waals surface area contributed by atoms with Gasteiger partial charge in [-0.15, -0.1) is 0 Å². The van der Waals surface area contributed by atoms with Crippen LogP contribution in [-0.2, 0) is 21.7 Å². The topological polar surface area (TPSA) is 70.7 Å². The predicted molar refractivity (Wildman–Crippen MR) is 156 cm³/mol. The molecule has 6 nitrogen and oxygen atoms in total. The number of rotatable bonds is 7. The molecule has 0 aliphatic carbocycles. The highest BCUT2D eigenvalue weighted by atomic mass is 35.5. The van der Waals surface area contributed by atoms with E-state index in [1.54, 1.807) is 24.3 Å². The van der Waals surface area contributed by atoms with Gasteiger partial charge in [0.2, 0.25) is 5.91 Å². The molecule has 2 N–H and O–H groups in total. The van der Waals surface area contributed by atoms with Crippen molar-refractivity contribution in [1.29, 1.82) is 0 Å². The molecule has 5 rings (SSSR count). The molecule has 40 heavy (non-hydrogen) atoms. The first-order chi connectivity index (χ1) is 19.1. The van der Waals surface area contributed by atoms with Gasteiger partial charge in [0, 0.05) is 49.1 Å². The van der Waals surface area contributed by atoms with E-state index >= 15 is 0 Å². The molecular weight excluding hydrogens is 576 g/mol. The summed E-state index contributed by atoms with van der Waals surface area (Å²) in [5, 5.41) is 7.13. The van der Waals surface area contributed by atoms with Crippen LogP contribution >= 0.6 is 34.8 Å². The van der Waals surface area contributed by atoms with E-state index in [0.717, 1.165) is 11.1 Å². The van der Waals surface area contributed by atoms with Gasteiger partial charge in [-0.3, -0.25) is 10.1 Å². The van der Waals surface area contributed by atoms with Crippen LogP contribution in [0.3, 0.4) is 0 Å². The lowest BCUT2D eigenvalue weighted by Crippen LogP contribution is -2.50. The maximum atomic E-state index is 14.1. The summed E-state index contributed by atoms with van der Waals surface area (Å²) in [5.74, 6) is -0.983. The van der Waals surface area contributed by atoms with E-state index in [1.807, 2.05) is 24.3 Å². The monoisotopic (exact) mass is 603 g/mol. The molecule has 210 valence electrons. The number of anilines is 1. The molecule has 0 aromatic heterocycles. The Hall–Kier alpha value is -2.84. The van der Waals surface area contributed by atoms with E-state index in [4.69, 9.17) is 39.5 Å². The van der Waals surface area contributed by atoms with Crippen LogP contribution in [0, 0.1) is 5.82 Å². The maximum absolute atomic E-state index is 14.1. The number of hydrogen-bond acceptors (Lipinski definition) is 4. The number of carbonyl (C=O) groups is 2. The molecule has 1 fully saturated rings. The highest BCUT2D eigenvalue weighted by Gasteiger charge is 2.45. The summed E-state index contributed by atoms with van der Waals surface area (Å²) >= 11 is 18.6. The van der Waals surface area contributed by atoms with Crippen molar-refractivity contribution >= 4 is 52.5 Å². The van der Waals surface area contributed by atoms with E-state index in [0.29, 0.717) is 65.2 Å². The molecule has 2 amide bonds. The lowest BCUT2D eigenvalue weighted by molar-refractivity contribution is -0.123. The SMILES string of the molecule is CC(CC(C(=O)NCc1cccc(Cl)c1)c1ccc(Cl)c(Cl)c1)N1CCC2(CC1)OC(=O)Nc1ccc(F)cc12. The Bertz CT molecular complexity index is 1430. The highest BCUT2D eigenvalue weighted by molar-refractivity contribution is 6.42. The zero-order valence-corrected chi connectivity index (χ0v) is 24.1. The van der Waals surface area contributed by atoms with Crippen LogP contribution in [0.1, 0.15) is 48.8 Å². The number of nitrogens with one attached hydrogen (secondary N) is 2. The first kappa shape index (κ1) is 28.7.